The Labute approximate surface area is 40.8 Å². The van der Waals surface area contributed by atoms with Gasteiger partial charge in [0.1, 0.15) is 0 Å². The maximum absolute atomic E-state index is 7.96. The summed E-state index contributed by atoms with van der Waals surface area (Å²) in [4.78, 5) is 0. The van der Waals surface area contributed by atoms with Gasteiger partial charge in [0.2, 0.25) is 0 Å². The SMILES string of the molecule is CCC[Si]C#N. The molecule has 0 aromatic carbocycles. The Hall–Kier alpha value is -0.293. The first-order valence-electron chi connectivity index (χ1n) is 2.03. The fraction of sp³-hybridized carbons (Fsp3) is 0.750. The van der Waals surface area contributed by atoms with Gasteiger partial charge in [0.25, 0.3) is 0 Å². The zero-order valence-corrected chi connectivity index (χ0v) is 4.86. The van der Waals surface area contributed by atoms with E-state index in [1.807, 2.05) is 0 Å². The highest BCUT2D eigenvalue weighted by Gasteiger charge is 1.78. The van der Waals surface area contributed by atoms with Gasteiger partial charge in [0.05, 0.1) is 0 Å². The molecule has 0 aromatic heterocycles. The minimum Gasteiger partial charge on any atom is -0.207 e. The first-order chi connectivity index (χ1) is 2.91. The molecule has 2 heteroatoms. The fourth-order valence-electron chi connectivity index (χ4n) is 0.181. The van der Waals surface area contributed by atoms with Gasteiger partial charge in [-0.25, -0.2) is 5.26 Å². The smallest absolute Gasteiger partial charge is 0.187 e. The number of nitriles is 1. The Kier molecular flexibility index (Phi) is 4.48. The van der Waals surface area contributed by atoms with E-state index in [1.165, 1.54) is 0 Å². The van der Waals surface area contributed by atoms with Gasteiger partial charge in [0.15, 0.2) is 9.52 Å². The third-order valence-electron chi connectivity index (χ3n) is 0.454. The summed E-state index contributed by atoms with van der Waals surface area (Å²) in [6.07, 6.45) is 1.14. The summed E-state index contributed by atoms with van der Waals surface area (Å²) < 4.78 is 0. The lowest BCUT2D eigenvalue weighted by Crippen LogP contribution is -1.78. The minimum absolute atomic E-state index is 0.520. The van der Waals surface area contributed by atoms with Crippen molar-refractivity contribution in [1.29, 1.82) is 5.26 Å². The van der Waals surface area contributed by atoms with Gasteiger partial charge in [-0.05, 0) is 6.04 Å². The molecule has 0 rings (SSSR count). The van der Waals surface area contributed by atoms with Crippen LogP contribution in [-0.4, -0.2) is 9.52 Å². The Morgan fingerprint density at radius 2 is 2.50 bits per heavy atom. The van der Waals surface area contributed by atoms with E-state index in [1.54, 1.807) is 0 Å². The van der Waals surface area contributed by atoms with Crippen molar-refractivity contribution >= 4 is 9.52 Å². The molecule has 0 saturated heterocycles. The predicted octanol–water partition coefficient (Wildman–Crippen LogP) is 1.000. The van der Waals surface area contributed by atoms with Gasteiger partial charge in [-0.3, -0.25) is 0 Å². The molecule has 1 nitrogen and oxygen atoms in total. The maximum atomic E-state index is 7.96. The van der Waals surface area contributed by atoms with Gasteiger partial charge >= 0.3 is 0 Å². The molecule has 0 spiro atoms. The molecule has 0 amide bonds. The Morgan fingerprint density at radius 1 is 1.83 bits per heavy atom. The summed E-state index contributed by atoms with van der Waals surface area (Å²) in [6.45, 7) is 2.09. The van der Waals surface area contributed by atoms with Crippen molar-refractivity contribution in [2.45, 2.75) is 19.4 Å². The summed E-state index contributed by atoms with van der Waals surface area (Å²) in [6, 6.07) is 1.08. The lowest BCUT2D eigenvalue weighted by molar-refractivity contribution is 1.08. The van der Waals surface area contributed by atoms with E-state index in [0.717, 1.165) is 12.5 Å². The monoisotopic (exact) mass is 97.0 g/mol. The molecule has 0 aromatic rings. The van der Waals surface area contributed by atoms with Crippen molar-refractivity contribution in [1.82, 2.24) is 0 Å². The molecule has 0 atom stereocenters. The van der Waals surface area contributed by atoms with Crippen LogP contribution < -0.4 is 0 Å². The minimum atomic E-state index is 0.520. The van der Waals surface area contributed by atoms with Crippen LogP contribution in [0.15, 0.2) is 0 Å². The standard InChI is InChI=1S/C4H7NSi/c1-2-3-6-4-5/h2-3H2,1H3. The van der Waals surface area contributed by atoms with Gasteiger partial charge in [0, 0.05) is 5.69 Å². The molecule has 32 valence electrons. The second-order valence-electron chi connectivity index (χ2n) is 1.04. The number of rotatable bonds is 2. The van der Waals surface area contributed by atoms with Crippen LogP contribution in [0.25, 0.3) is 0 Å². The van der Waals surface area contributed by atoms with Crippen LogP contribution in [0.5, 0.6) is 0 Å². The average molecular weight is 97.2 g/mol. The summed E-state index contributed by atoms with van der Waals surface area (Å²) in [5.41, 5.74) is 2.10. The molecule has 6 heavy (non-hydrogen) atoms. The molecule has 0 heterocycles. The fourth-order valence-corrected chi connectivity index (χ4v) is 0.543. The van der Waals surface area contributed by atoms with Crippen LogP contribution >= 0.6 is 0 Å². The third kappa shape index (κ3) is 3.71. The molecule has 0 N–H and O–H groups in total. The predicted molar refractivity (Wildman–Crippen MR) is 26.5 cm³/mol. The maximum Gasteiger partial charge on any atom is 0.187 e. The van der Waals surface area contributed by atoms with E-state index >= 15 is 0 Å². The largest absolute Gasteiger partial charge is 0.207 e. The molecule has 0 saturated carbocycles. The first kappa shape index (κ1) is 5.71. The molecular formula is C4H7NSi. The van der Waals surface area contributed by atoms with E-state index in [-0.39, 0.29) is 0 Å². The molecule has 0 bridgehead atoms. The highest BCUT2D eigenvalue weighted by Crippen LogP contribution is 1.80. The normalized spacial score (nSPS) is 7.33. The highest BCUT2D eigenvalue weighted by atomic mass is 28.2. The van der Waals surface area contributed by atoms with Crippen molar-refractivity contribution in [3.05, 3.63) is 0 Å². The molecule has 0 fully saturated rings. The van der Waals surface area contributed by atoms with Crippen molar-refractivity contribution in [3.8, 4) is 5.69 Å². The quantitative estimate of drug-likeness (QED) is 0.372. The van der Waals surface area contributed by atoms with Crippen LogP contribution in [0.1, 0.15) is 13.3 Å². The van der Waals surface area contributed by atoms with Crippen LogP contribution in [0.2, 0.25) is 6.04 Å². The molecule has 0 unspecified atom stereocenters. The Bertz CT molecular complexity index is 55.1. The van der Waals surface area contributed by atoms with Crippen LogP contribution in [0, 0.1) is 11.0 Å². The first-order valence-corrected chi connectivity index (χ1v) is 3.24. The lowest BCUT2D eigenvalue weighted by Gasteiger charge is -1.74. The van der Waals surface area contributed by atoms with E-state index in [2.05, 4.69) is 12.6 Å². The summed E-state index contributed by atoms with van der Waals surface area (Å²) in [7, 11) is 0.520. The lowest BCUT2D eigenvalue weighted by atomic mass is 10.6. The Morgan fingerprint density at radius 3 is 2.67 bits per heavy atom. The molecule has 0 aliphatic carbocycles. The van der Waals surface area contributed by atoms with Gasteiger partial charge < -0.3 is 0 Å². The second-order valence-corrected chi connectivity index (χ2v) is 2.12. The number of hydrogen-bond acceptors (Lipinski definition) is 1. The van der Waals surface area contributed by atoms with Crippen LogP contribution in [0.4, 0.5) is 0 Å². The summed E-state index contributed by atoms with van der Waals surface area (Å²) in [5, 5.41) is 7.96. The van der Waals surface area contributed by atoms with Gasteiger partial charge in [-0.2, -0.15) is 0 Å². The Balaban J connectivity index is 2.54. The summed E-state index contributed by atoms with van der Waals surface area (Å²) >= 11 is 0. The molecule has 0 aliphatic rings. The van der Waals surface area contributed by atoms with E-state index < -0.39 is 0 Å². The molecular weight excluding hydrogens is 90.1 g/mol. The van der Waals surface area contributed by atoms with Crippen LogP contribution in [0.3, 0.4) is 0 Å². The number of hydrogen-bond donors (Lipinski definition) is 0. The third-order valence-corrected chi connectivity index (χ3v) is 1.36. The second kappa shape index (κ2) is 4.71. The van der Waals surface area contributed by atoms with Gasteiger partial charge in [-0.1, -0.05) is 13.3 Å². The highest BCUT2D eigenvalue weighted by molar-refractivity contribution is 6.44. The number of nitrogens with zero attached hydrogens (tertiary/aromatic N) is 1. The van der Waals surface area contributed by atoms with Crippen LogP contribution in [-0.2, 0) is 0 Å². The summed E-state index contributed by atoms with van der Waals surface area (Å²) in [5.74, 6) is 0. The zero-order valence-electron chi connectivity index (χ0n) is 3.86. The van der Waals surface area contributed by atoms with Crippen molar-refractivity contribution in [3.63, 3.8) is 0 Å². The van der Waals surface area contributed by atoms with Gasteiger partial charge in [-0.15, -0.1) is 0 Å². The van der Waals surface area contributed by atoms with Crippen molar-refractivity contribution in [2.24, 2.45) is 0 Å². The zero-order chi connectivity index (χ0) is 4.83. The van der Waals surface area contributed by atoms with Crippen molar-refractivity contribution < 1.29 is 0 Å². The van der Waals surface area contributed by atoms with Crippen molar-refractivity contribution in [2.75, 3.05) is 0 Å². The van der Waals surface area contributed by atoms with E-state index in [0.29, 0.717) is 9.52 Å². The van der Waals surface area contributed by atoms with E-state index in [9.17, 15) is 0 Å². The average Bonchev–Trinajstić information content (AvgIpc) is 1.61. The topological polar surface area (TPSA) is 23.8 Å². The van der Waals surface area contributed by atoms with E-state index in [4.69, 9.17) is 5.26 Å². The molecule has 2 radical (unpaired) electrons. The molecule has 0 aliphatic heterocycles.